The van der Waals surface area contributed by atoms with Crippen LogP contribution in [0.4, 0.5) is 0 Å². The maximum absolute atomic E-state index is 11.1. The molecule has 0 bridgehead atoms. The summed E-state index contributed by atoms with van der Waals surface area (Å²) in [6.07, 6.45) is 0. The predicted molar refractivity (Wildman–Crippen MR) is 59.9 cm³/mol. The summed E-state index contributed by atoms with van der Waals surface area (Å²) in [4.78, 5) is 44.7. The third kappa shape index (κ3) is 16.4. The molecule has 0 aromatic rings. The summed E-state index contributed by atoms with van der Waals surface area (Å²) in [5.41, 5.74) is 0. The molecule has 0 aromatic carbocycles. The number of aliphatic carboxylic acids is 3. The first-order chi connectivity index (χ1) is 9.74. The molecule has 23 heavy (non-hydrogen) atoms. The molecule has 0 aliphatic carbocycles. The fourth-order valence-electron chi connectivity index (χ4n) is 1.51. The summed E-state index contributed by atoms with van der Waals surface area (Å²) in [5, 5.41) is 31.5. The second-order valence-corrected chi connectivity index (χ2v) is 4.11. The smallest absolute Gasteiger partial charge is 0.549 e. The predicted octanol–water partition coefficient (Wildman–Crippen LogP) is -12.0. The molecule has 0 N–H and O–H groups in total. The fourth-order valence-corrected chi connectivity index (χ4v) is 1.51. The van der Waals surface area contributed by atoms with Gasteiger partial charge in [-0.25, -0.2) is 0 Å². The number of ether oxygens (including phenoxy) is 1. The number of hydrogen-bond acceptors (Lipinski definition) is 10. The molecule has 0 heterocycles. The SMILES string of the molecule is COC(=O)CN(CCN(CC(=O)[O-])CC(=O)[O-])CC(=O)[O-].[Na+].[Na+]. The number of carbonyl (C=O) groups is 4. The van der Waals surface area contributed by atoms with Gasteiger partial charge in [-0.1, -0.05) is 0 Å². The molecule has 120 valence electrons. The van der Waals surface area contributed by atoms with E-state index >= 15 is 0 Å². The normalized spacial score (nSPS) is 9.70. The van der Waals surface area contributed by atoms with Gasteiger partial charge in [0.15, 0.2) is 0 Å². The van der Waals surface area contributed by atoms with E-state index < -0.39 is 43.5 Å². The molecule has 0 amide bonds. The van der Waals surface area contributed by atoms with Crippen molar-refractivity contribution in [3.8, 4) is 0 Å². The molecular weight excluding hydrogens is 334 g/mol. The van der Waals surface area contributed by atoms with Crippen molar-refractivity contribution >= 4 is 23.9 Å². The van der Waals surface area contributed by atoms with Crippen LogP contribution in [0.25, 0.3) is 0 Å². The minimum absolute atomic E-state index is 0. The largest absolute Gasteiger partial charge is 1.00 e. The number of carboxylic acids is 3. The number of carbonyl (C=O) groups excluding carboxylic acids is 4. The minimum Gasteiger partial charge on any atom is -0.549 e. The van der Waals surface area contributed by atoms with Gasteiger partial charge >= 0.3 is 65.1 Å². The van der Waals surface area contributed by atoms with Crippen molar-refractivity contribution < 1.29 is 98.3 Å². The second-order valence-electron chi connectivity index (χ2n) is 4.11. The molecule has 0 spiro atoms. The zero-order valence-electron chi connectivity index (χ0n) is 13.4. The van der Waals surface area contributed by atoms with E-state index in [0.29, 0.717) is 0 Å². The maximum Gasteiger partial charge on any atom is 1.00 e. The summed E-state index contributed by atoms with van der Waals surface area (Å²) in [7, 11) is 1.12. The molecule has 0 saturated heterocycles. The summed E-state index contributed by atoms with van der Waals surface area (Å²) >= 11 is 0. The zero-order chi connectivity index (χ0) is 16.4. The van der Waals surface area contributed by atoms with Crippen LogP contribution in [-0.4, -0.2) is 80.1 Å². The van der Waals surface area contributed by atoms with Crippen LogP contribution in [0.3, 0.4) is 0 Å². The van der Waals surface area contributed by atoms with Gasteiger partial charge in [0.1, 0.15) is 0 Å². The van der Waals surface area contributed by atoms with E-state index in [0.717, 1.165) is 16.9 Å². The Hall–Kier alpha value is -0.200. The summed E-state index contributed by atoms with van der Waals surface area (Å²) in [6.45, 7) is -2.46. The maximum atomic E-state index is 11.1. The van der Waals surface area contributed by atoms with Crippen LogP contribution in [0.2, 0.25) is 0 Å². The monoisotopic (exact) mass is 349 g/mol. The van der Waals surface area contributed by atoms with E-state index in [9.17, 15) is 34.5 Å². The fraction of sp³-hybridized carbons (Fsp3) is 0.636. The third-order valence-electron chi connectivity index (χ3n) is 2.37. The summed E-state index contributed by atoms with van der Waals surface area (Å²) in [5.74, 6) is -5.11. The second kappa shape index (κ2) is 15.3. The number of carboxylic acid groups (broad SMARTS) is 3. The average Bonchev–Trinajstić information content (AvgIpc) is 2.33. The molecule has 0 fully saturated rings. The van der Waals surface area contributed by atoms with E-state index in [1.165, 1.54) is 0 Å². The molecule has 0 aliphatic rings. The third-order valence-corrected chi connectivity index (χ3v) is 2.37. The average molecular weight is 349 g/mol. The molecule has 0 aliphatic heterocycles. The van der Waals surface area contributed by atoms with Crippen molar-refractivity contribution in [1.82, 2.24) is 9.80 Å². The van der Waals surface area contributed by atoms with Crippen molar-refractivity contribution in [1.29, 1.82) is 0 Å². The summed E-state index contributed by atoms with van der Waals surface area (Å²) in [6, 6.07) is 0. The quantitative estimate of drug-likeness (QED) is 0.259. The Bertz CT molecular complexity index is 391. The van der Waals surface area contributed by atoms with Crippen molar-refractivity contribution in [3.05, 3.63) is 0 Å². The van der Waals surface area contributed by atoms with E-state index in [1.807, 2.05) is 0 Å². The van der Waals surface area contributed by atoms with E-state index in [2.05, 4.69) is 4.74 Å². The summed E-state index contributed by atoms with van der Waals surface area (Å²) < 4.78 is 4.38. The number of hydrogen-bond donors (Lipinski definition) is 0. The van der Waals surface area contributed by atoms with Crippen LogP contribution in [0.15, 0.2) is 0 Å². The molecule has 0 atom stereocenters. The Labute approximate surface area is 177 Å². The number of rotatable bonds is 11. The molecule has 12 heteroatoms. The Morgan fingerprint density at radius 2 is 1.04 bits per heavy atom. The Morgan fingerprint density at radius 3 is 1.30 bits per heavy atom. The molecule has 0 unspecified atom stereocenters. The van der Waals surface area contributed by atoms with Gasteiger partial charge in [-0.05, 0) is 0 Å². The van der Waals surface area contributed by atoms with E-state index in [4.69, 9.17) is 0 Å². The van der Waals surface area contributed by atoms with Gasteiger partial charge in [0.2, 0.25) is 0 Å². The van der Waals surface area contributed by atoms with Gasteiger partial charge in [-0.15, -0.1) is 0 Å². The van der Waals surface area contributed by atoms with Crippen LogP contribution in [0.5, 0.6) is 0 Å². The van der Waals surface area contributed by atoms with Crippen LogP contribution < -0.4 is 74.4 Å². The van der Waals surface area contributed by atoms with Crippen molar-refractivity contribution in [2.75, 3.05) is 46.4 Å². The number of esters is 1. The van der Waals surface area contributed by atoms with Gasteiger partial charge in [0, 0.05) is 32.7 Å². The molecule has 0 rings (SSSR count). The molecular formula is C11H15N2Na2O8-. The molecule has 0 saturated carbocycles. The van der Waals surface area contributed by atoms with Crippen LogP contribution in [0.1, 0.15) is 0 Å². The van der Waals surface area contributed by atoms with Crippen LogP contribution in [0, 0.1) is 0 Å². The van der Waals surface area contributed by atoms with Crippen molar-refractivity contribution in [2.24, 2.45) is 0 Å². The Kier molecular flexibility index (Phi) is 18.4. The van der Waals surface area contributed by atoms with Crippen LogP contribution in [-0.2, 0) is 23.9 Å². The molecule has 0 aromatic heterocycles. The first kappa shape index (κ1) is 27.6. The zero-order valence-corrected chi connectivity index (χ0v) is 17.4. The van der Waals surface area contributed by atoms with Gasteiger partial charge < -0.3 is 34.4 Å². The van der Waals surface area contributed by atoms with Gasteiger partial charge in [0.25, 0.3) is 0 Å². The number of nitrogens with zero attached hydrogens (tertiary/aromatic N) is 2. The van der Waals surface area contributed by atoms with E-state index in [-0.39, 0.29) is 78.7 Å². The molecule has 10 nitrogen and oxygen atoms in total. The number of methoxy groups -OCH3 is 1. The van der Waals surface area contributed by atoms with Gasteiger partial charge in [0.05, 0.1) is 31.6 Å². The Balaban J connectivity index is -0.00000200. The first-order valence-corrected chi connectivity index (χ1v) is 5.85. The minimum atomic E-state index is -1.49. The van der Waals surface area contributed by atoms with Gasteiger partial charge in [-0.3, -0.25) is 14.6 Å². The first-order valence-electron chi connectivity index (χ1n) is 5.85. The topological polar surface area (TPSA) is 153 Å². The van der Waals surface area contributed by atoms with Crippen LogP contribution >= 0.6 is 0 Å². The Morgan fingerprint density at radius 1 is 0.739 bits per heavy atom. The van der Waals surface area contributed by atoms with Crippen molar-refractivity contribution in [3.63, 3.8) is 0 Å². The standard InChI is InChI=1S/C11H18N2O8.2Na/c1-21-11(20)7-13(6-10(18)19)3-2-12(4-8(14)15)5-9(16)17;;/h2-7H2,1H3,(H,14,15)(H,16,17)(H,18,19);;/q;2*+1/p-3. The van der Waals surface area contributed by atoms with E-state index in [1.54, 1.807) is 0 Å². The van der Waals surface area contributed by atoms with Gasteiger partial charge in [-0.2, -0.15) is 0 Å². The molecule has 0 radical (unpaired) electrons. The van der Waals surface area contributed by atoms with Crippen molar-refractivity contribution in [2.45, 2.75) is 0 Å².